The Morgan fingerprint density at radius 1 is 1.09 bits per heavy atom. The van der Waals surface area contributed by atoms with E-state index in [0.717, 1.165) is 44.9 Å². The van der Waals surface area contributed by atoms with Crippen molar-refractivity contribution in [2.75, 3.05) is 32.2 Å². The third-order valence-corrected chi connectivity index (χ3v) is 15.0. The van der Waals surface area contributed by atoms with Gasteiger partial charge in [-0.05, 0) is 90.6 Å². The number of anilines is 1. The van der Waals surface area contributed by atoms with Gasteiger partial charge in [0.25, 0.3) is 5.95 Å². The fraction of sp³-hybridized carbons (Fsp3) is 0.889. The summed E-state index contributed by atoms with van der Waals surface area (Å²) in [7, 11) is 0. The molecule has 0 bridgehead atoms. The van der Waals surface area contributed by atoms with Crippen LogP contribution in [0.5, 0.6) is 0 Å². The second-order valence-electron chi connectivity index (χ2n) is 18.0. The van der Waals surface area contributed by atoms with E-state index >= 15 is 0 Å². The minimum atomic E-state index is -0.500. The number of rotatable bonds is 6. The number of nitrogens with zero attached hydrogens (tertiary/aromatic N) is 4. The van der Waals surface area contributed by atoms with Crippen molar-refractivity contribution in [1.82, 2.24) is 20.2 Å². The van der Waals surface area contributed by atoms with E-state index in [1.807, 2.05) is 0 Å². The van der Waals surface area contributed by atoms with E-state index in [-0.39, 0.29) is 82.1 Å². The van der Waals surface area contributed by atoms with Gasteiger partial charge in [0.1, 0.15) is 12.1 Å². The van der Waals surface area contributed by atoms with Gasteiger partial charge in [-0.3, -0.25) is 4.79 Å². The molecule has 0 spiro atoms. The number of allylic oxidation sites excluding steroid dienone is 1. The summed E-state index contributed by atoms with van der Waals surface area (Å²) in [5.41, 5.74) is 12.4. The SMILES string of the molecule is CC(C)[C@H]1OC(=O)[C@@H]2[C@]1(C)CC[C@]1(C)[C@H]3CC[C@H]4C(C)(C)[C@@H](OCC5(N)CCOCC5)[C@H](n5nnc(N)n5)C[C@]4(CO)C3=CC[C@@]21C. The van der Waals surface area contributed by atoms with E-state index in [1.54, 1.807) is 4.80 Å². The molecule has 6 aliphatic rings. The number of tetrazole rings is 1. The molecule has 1 aromatic rings. The Morgan fingerprint density at radius 2 is 1.81 bits per heavy atom. The number of aliphatic hydroxyl groups excluding tert-OH is 1. The molecule has 10 atom stereocenters. The molecule has 5 N–H and O–H groups in total. The first-order chi connectivity index (χ1) is 22.1. The van der Waals surface area contributed by atoms with Crippen molar-refractivity contribution in [3.8, 4) is 0 Å². The number of carbonyl (C=O) groups excluding carboxylic acids is 1. The van der Waals surface area contributed by atoms with Crippen molar-refractivity contribution in [2.24, 2.45) is 56.5 Å². The number of esters is 1. The average Bonchev–Trinajstić information content (AvgIpc) is 3.57. The highest BCUT2D eigenvalue weighted by atomic mass is 16.6. The summed E-state index contributed by atoms with van der Waals surface area (Å²) >= 11 is 0. The zero-order chi connectivity index (χ0) is 33.8. The molecule has 3 saturated carbocycles. The molecule has 11 nitrogen and oxygen atoms in total. The molecule has 3 heterocycles. The van der Waals surface area contributed by atoms with Gasteiger partial charge >= 0.3 is 5.97 Å². The van der Waals surface area contributed by atoms with Crippen LogP contribution in [-0.2, 0) is 19.0 Å². The number of nitrogen functional groups attached to an aromatic ring is 1. The zero-order valence-electron chi connectivity index (χ0n) is 29.6. The third kappa shape index (κ3) is 4.57. The Hall–Kier alpha value is -2.08. The highest BCUT2D eigenvalue weighted by Crippen LogP contribution is 2.75. The molecule has 47 heavy (non-hydrogen) atoms. The van der Waals surface area contributed by atoms with Gasteiger partial charge in [0.15, 0.2) is 0 Å². The molecule has 0 radical (unpaired) electrons. The number of ether oxygens (including phenoxy) is 3. The summed E-state index contributed by atoms with van der Waals surface area (Å²) in [5.74, 6) is 0.649. The number of carbonyl (C=O) groups is 1. The molecule has 0 aromatic carbocycles. The van der Waals surface area contributed by atoms with Crippen molar-refractivity contribution < 1.29 is 24.1 Å². The van der Waals surface area contributed by atoms with Crippen molar-refractivity contribution in [3.05, 3.63) is 11.6 Å². The first-order valence-electron chi connectivity index (χ1n) is 18.1. The molecule has 0 amide bonds. The highest BCUT2D eigenvalue weighted by molar-refractivity contribution is 5.78. The molecule has 4 aliphatic carbocycles. The second kappa shape index (κ2) is 11.0. The minimum absolute atomic E-state index is 0.0158. The number of aromatic nitrogens is 4. The van der Waals surface area contributed by atoms with Crippen molar-refractivity contribution in [2.45, 2.75) is 124 Å². The summed E-state index contributed by atoms with van der Waals surface area (Å²) in [6, 6.07) is -0.298. The van der Waals surface area contributed by atoms with Crippen molar-refractivity contribution in [3.63, 3.8) is 0 Å². The van der Waals surface area contributed by atoms with Crippen molar-refractivity contribution in [1.29, 1.82) is 0 Å². The first-order valence-corrected chi connectivity index (χ1v) is 18.1. The first kappa shape index (κ1) is 33.4. The lowest BCUT2D eigenvalue weighted by molar-refractivity contribution is -0.198. The number of aliphatic hydroxyl groups is 1. The predicted octanol–water partition coefficient (Wildman–Crippen LogP) is 4.46. The summed E-state index contributed by atoms with van der Waals surface area (Å²) in [6.45, 7) is 17.8. The van der Waals surface area contributed by atoms with Crippen LogP contribution < -0.4 is 11.5 Å². The average molecular weight is 655 g/mol. The monoisotopic (exact) mass is 654 g/mol. The lowest BCUT2D eigenvalue weighted by Gasteiger charge is -2.68. The van der Waals surface area contributed by atoms with Gasteiger partial charge in [-0.2, -0.15) is 4.80 Å². The smallest absolute Gasteiger partial charge is 0.310 e. The Balaban J connectivity index is 1.28. The number of hydrogen-bond donors (Lipinski definition) is 3. The van der Waals surface area contributed by atoms with Gasteiger partial charge in [-0.15, -0.1) is 5.10 Å². The van der Waals surface area contributed by atoms with Gasteiger partial charge in [-0.1, -0.05) is 65.2 Å². The summed E-state index contributed by atoms with van der Waals surface area (Å²) in [4.78, 5) is 15.4. The fourth-order valence-corrected chi connectivity index (χ4v) is 12.5. The maximum atomic E-state index is 13.8. The number of cyclic esters (lactones) is 1. The van der Waals surface area contributed by atoms with E-state index in [1.165, 1.54) is 5.57 Å². The molecule has 7 rings (SSSR count). The van der Waals surface area contributed by atoms with Crippen LogP contribution >= 0.6 is 0 Å². The van der Waals surface area contributed by atoms with Crippen LogP contribution in [0.4, 0.5) is 5.95 Å². The fourth-order valence-electron chi connectivity index (χ4n) is 12.5. The maximum Gasteiger partial charge on any atom is 0.310 e. The molecule has 11 heteroatoms. The van der Waals surface area contributed by atoms with Crippen LogP contribution in [0.25, 0.3) is 0 Å². The molecule has 1 aromatic heterocycles. The second-order valence-corrected chi connectivity index (χ2v) is 18.0. The number of hydrogen-bond acceptors (Lipinski definition) is 10. The molecule has 0 unspecified atom stereocenters. The maximum absolute atomic E-state index is 13.8. The topological polar surface area (TPSA) is 161 Å². The molecular formula is C36H58N6O5. The molecular weight excluding hydrogens is 596 g/mol. The van der Waals surface area contributed by atoms with Gasteiger partial charge in [0, 0.05) is 29.6 Å². The quantitative estimate of drug-likeness (QED) is 0.295. The van der Waals surface area contributed by atoms with E-state index in [2.05, 4.69) is 70.0 Å². The Bertz CT molecular complexity index is 1420. The number of fused-ring (bicyclic) bond motifs is 7. The van der Waals surface area contributed by atoms with Gasteiger partial charge in [-0.25, -0.2) is 0 Å². The zero-order valence-corrected chi connectivity index (χ0v) is 29.6. The minimum Gasteiger partial charge on any atom is -0.461 e. The van der Waals surface area contributed by atoms with Crippen LogP contribution in [0.3, 0.4) is 0 Å². The molecule has 5 fully saturated rings. The summed E-state index contributed by atoms with van der Waals surface area (Å²) < 4.78 is 18.7. The Labute approximate surface area is 279 Å². The summed E-state index contributed by atoms with van der Waals surface area (Å²) in [5, 5.41) is 24.6. The van der Waals surface area contributed by atoms with E-state index in [4.69, 9.17) is 25.7 Å². The van der Waals surface area contributed by atoms with Gasteiger partial charge in [0.05, 0.1) is 25.2 Å². The van der Waals surface area contributed by atoms with Crippen LogP contribution in [0.1, 0.15) is 106 Å². The van der Waals surface area contributed by atoms with Crippen LogP contribution in [-0.4, -0.2) is 75.5 Å². The Morgan fingerprint density at radius 3 is 2.45 bits per heavy atom. The van der Waals surface area contributed by atoms with E-state index in [0.29, 0.717) is 26.2 Å². The molecule has 2 saturated heterocycles. The normalized spacial score (nSPS) is 45.3. The van der Waals surface area contributed by atoms with Crippen LogP contribution in [0.15, 0.2) is 11.6 Å². The van der Waals surface area contributed by atoms with Gasteiger partial charge in [0.2, 0.25) is 0 Å². The number of nitrogens with two attached hydrogens (primary N) is 2. The van der Waals surface area contributed by atoms with E-state index < -0.39 is 11.0 Å². The summed E-state index contributed by atoms with van der Waals surface area (Å²) in [6.07, 6.45) is 9.01. The largest absolute Gasteiger partial charge is 0.461 e. The van der Waals surface area contributed by atoms with E-state index in [9.17, 15) is 9.90 Å². The standard InChI is InChI=1S/C36H58N6O5/c1-21(2)27-32(5)12-13-33(6)22-8-9-25-31(3,4)28(46-20-35(38)14-16-45-17-15-35)24(42-40-30(37)39-41-42)18-36(25,19-43)23(22)10-11-34(33,7)26(32)29(44)47-27/h10,21-22,24-28,43H,8-9,11-20,38H2,1-7H3,(H2,37,40)/t22-,24+,25-,26+,27+,28-,32-,33+,34-,36-/m0/s1. The van der Waals surface area contributed by atoms with Crippen LogP contribution in [0.2, 0.25) is 0 Å². The predicted molar refractivity (Wildman–Crippen MR) is 177 cm³/mol. The molecule has 262 valence electrons. The third-order valence-electron chi connectivity index (χ3n) is 15.0. The highest BCUT2D eigenvalue weighted by Gasteiger charge is 2.73. The lowest BCUT2D eigenvalue weighted by atomic mass is 9.35. The van der Waals surface area contributed by atoms with Crippen molar-refractivity contribution >= 4 is 11.9 Å². The Kier molecular flexibility index (Phi) is 7.79. The van der Waals surface area contributed by atoms with Gasteiger partial charge < -0.3 is 30.8 Å². The lowest BCUT2D eigenvalue weighted by Crippen LogP contribution is -2.65. The van der Waals surface area contributed by atoms with Crippen LogP contribution in [0, 0.1) is 50.7 Å². The molecule has 2 aliphatic heterocycles.